The van der Waals surface area contributed by atoms with Crippen LogP contribution in [0.15, 0.2) is 64.6 Å². The first-order chi connectivity index (χ1) is 10.4. The van der Waals surface area contributed by atoms with Gasteiger partial charge >= 0.3 is 0 Å². The number of rotatable bonds is 5. The van der Waals surface area contributed by atoms with E-state index in [2.05, 4.69) is 9.93 Å². The molecule has 0 heterocycles. The van der Waals surface area contributed by atoms with Gasteiger partial charge in [-0.05, 0) is 30.5 Å². The van der Waals surface area contributed by atoms with Crippen molar-refractivity contribution in [2.75, 3.05) is 0 Å². The molecule has 0 atom stereocenters. The number of nitrogens with zero attached hydrogens (tertiary/aromatic N) is 1. The first-order valence-corrected chi connectivity index (χ1v) is 8.60. The van der Waals surface area contributed by atoms with Crippen molar-refractivity contribution in [2.45, 2.75) is 25.7 Å². The zero-order chi connectivity index (χ0) is 16.2. The minimum absolute atomic E-state index is 0.100. The molecule has 5 heteroatoms. The highest BCUT2D eigenvalue weighted by molar-refractivity contribution is 7.89. The topological polar surface area (TPSA) is 58.5 Å². The molecule has 0 fully saturated rings. The van der Waals surface area contributed by atoms with Crippen LogP contribution in [0.2, 0.25) is 0 Å². The van der Waals surface area contributed by atoms with Gasteiger partial charge in [0.1, 0.15) is 0 Å². The molecule has 2 rings (SSSR count). The summed E-state index contributed by atoms with van der Waals surface area (Å²) >= 11 is 0. The van der Waals surface area contributed by atoms with Gasteiger partial charge in [0.15, 0.2) is 0 Å². The van der Waals surface area contributed by atoms with Gasteiger partial charge in [-0.25, -0.2) is 0 Å². The maximum absolute atomic E-state index is 12.3. The van der Waals surface area contributed by atoms with Crippen LogP contribution in [-0.4, -0.2) is 14.1 Å². The molecular weight excluding hydrogens is 296 g/mol. The molecule has 0 aliphatic carbocycles. The number of hydrazone groups is 1. The van der Waals surface area contributed by atoms with E-state index in [1.807, 2.05) is 51.1 Å². The van der Waals surface area contributed by atoms with E-state index in [1.165, 1.54) is 0 Å². The summed E-state index contributed by atoms with van der Waals surface area (Å²) < 4.78 is 24.6. The molecule has 0 radical (unpaired) electrons. The van der Waals surface area contributed by atoms with Gasteiger partial charge in [-0.15, -0.1) is 0 Å². The predicted molar refractivity (Wildman–Crippen MR) is 89.3 cm³/mol. The summed E-state index contributed by atoms with van der Waals surface area (Å²) in [5, 5.41) is 4.14. The van der Waals surface area contributed by atoms with Crippen molar-refractivity contribution >= 4 is 15.7 Å². The van der Waals surface area contributed by atoms with E-state index in [4.69, 9.17) is 0 Å². The molecule has 0 bridgehead atoms. The monoisotopic (exact) mass is 316 g/mol. The molecule has 2 aromatic rings. The van der Waals surface area contributed by atoms with Gasteiger partial charge in [-0.2, -0.15) is 18.4 Å². The Balaban J connectivity index is 2.29. The third-order valence-electron chi connectivity index (χ3n) is 3.23. The molecule has 0 aromatic heterocycles. The Bertz CT molecular complexity index is 749. The first kappa shape index (κ1) is 16.2. The van der Waals surface area contributed by atoms with Crippen LogP contribution < -0.4 is 4.83 Å². The van der Waals surface area contributed by atoms with Crippen LogP contribution in [0.5, 0.6) is 0 Å². The summed E-state index contributed by atoms with van der Waals surface area (Å²) in [5.74, 6) is 0.100. The van der Waals surface area contributed by atoms with E-state index in [-0.39, 0.29) is 10.8 Å². The van der Waals surface area contributed by atoms with Crippen LogP contribution >= 0.6 is 0 Å². The lowest BCUT2D eigenvalue weighted by Crippen LogP contribution is -2.22. The zero-order valence-electron chi connectivity index (χ0n) is 12.9. The van der Waals surface area contributed by atoms with E-state index in [1.54, 1.807) is 24.3 Å². The molecule has 0 saturated carbocycles. The molecule has 1 N–H and O–H groups in total. The minimum Gasteiger partial charge on any atom is -0.200 e. The average molecular weight is 316 g/mol. The third-order valence-corrected chi connectivity index (χ3v) is 4.46. The molecular formula is C17H20N2O2S. The largest absolute Gasteiger partial charge is 0.276 e. The lowest BCUT2D eigenvalue weighted by Gasteiger charge is -2.11. The summed E-state index contributed by atoms with van der Waals surface area (Å²) in [5.41, 5.74) is 2.62. The molecule has 116 valence electrons. The normalized spacial score (nSPS) is 12.5. The van der Waals surface area contributed by atoms with Gasteiger partial charge in [0.05, 0.1) is 10.6 Å². The lowest BCUT2D eigenvalue weighted by molar-refractivity contribution is 0.584. The second-order valence-corrected chi connectivity index (χ2v) is 7.09. The number of benzene rings is 2. The fraction of sp³-hybridized carbons (Fsp3) is 0.235. The molecule has 0 unspecified atom stereocenters. The Morgan fingerprint density at radius 2 is 1.59 bits per heavy atom. The summed E-state index contributed by atoms with van der Waals surface area (Å²) in [6.45, 7) is 5.87. The van der Waals surface area contributed by atoms with Gasteiger partial charge in [0.2, 0.25) is 0 Å². The van der Waals surface area contributed by atoms with E-state index >= 15 is 0 Å². The van der Waals surface area contributed by atoms with Gasteiger partial charge in [-0.1, -0.05) is 61.9 Å². The number of hydrogen-bond acceptors (Lipinski definition) is 3. The Morgan fingerprint density at radius 3 is 2.14 bits per heavy atom. The molecule has 0 amide bonds. The Morgan fingerprint density at radius 1 is 1.00 bits per heavy atom. The number of aryl methyl sites for hydroxylation is 1. The molecule has 0 aliphatic heterocycles. The highest BCUT2D eigenvalue weighted by Gasteiger charge is 2.14. The Labute approximate surface area is 131 Å². The van der Waals surface area contributed by atoms with Crippen molar-refractivity contribution in [3.63, 3.8) is 0 Å². The van der Waals surface area contributed by atoms with E-state index < -0.39 is 10.0 Å². The van der Waals surface area contributed by atoms with Crippen molar-refractivity contribution in [2.24, 2.45) is 11.0 Å². The second-order valence-electron chi connectivity index (χ2n) is 5.43. The molecule has 0 spiro atoms. The minimum atomic E-state index is -3.65. The smallest absolute Gasteiger partial charge is 0.200 e. The standard InChI is InChI=1S/C17H20N2O2S/c1-13(2)17(15-7-5-4-6-8-15)18-19-22(20,21)16-11-9-14(3)10-12-16/h4-13,19H,1-3H3. The number of sulfonamides is 1. The van der Waals surface area contributed by atoms with Crippen molar-refractivity contribution in [1.82, 2.24) is 4.83 Å². The molecule has 0 aliphatic rings. The maximum atomic E-state index is 12.3. The van der Waals surface area contributed by atoms with Crippen molar-refractivity contribution in [3.8, 4) is 0 Å². The third kappa shape index (κ3) is 3.95. The van der Waals surface area contributed by atoms with Crippen LogP contribution in [0.4, 0.5) is 0 Å². The van der Waals surface area contributed by atoms with Crippen LogP contribution in [0, 0.1) is 12.8 Å². The maximum Gasteiger partial charge on any atom is 0.276 e. The van der Waals surface area contributed by atoms with Crippen molar-refractivity contribution in [3.05, 3.63) is 65.7 Å². The molecule has 0 saturated heterocycles. The highest BCUT2D eigenvalue weighted by Crippen LogP contribution is 2.12. The first-order valence-electron chi connectivity index (χ1n) is 7.11. The van der Waals surface area contributed by atoms with Gasteiger partial charge in [0.25, 0.3) is 10.0 Å². The predicted octanol–water partition coefficient (Wildman–Crippen LogP) is 3.33. The van der Waals surface area contributed by atoms with Crippen LogP contribution in [-0.2, 0) is 10.0 Å². The summed E-state index contributed by atoms with van der Waals surface area (Å²) in [7, 11) is -3.65. The van der Waals surface area contributed by atoms with Gasteiger partial charge in [0, 0.05) is 0 Å². The average Bonchev–Trinajstić information content (AvgIpc) is 2.48. The fourth-order valence-electron chi connectivity index (χ4n) is 2.02. The van der Waals surface area contributed by atoms with E-state index in [9.17, 15) is 8.42 Å². The fourth-order valence-corrected chi connectivity index (χ4v) is 2.83. The Kier molecular flexibility index (Phi) is 4.98. The molecule has 4 nitrogen and oxygen atoms in total. The van der Waals surface area contributed by atoms with E-state index in [0.717, 1.165) is 11.1 Å². The highest BCUT2D eigenvalue weighted by atomic mass is 32.2. The summed E-state index contributed by atoms with van der Waals surface area (Å²) in [6, 6.07) is 16.2. The zero-order valence-corrected chi connectivity index (χ0v) is 13.8. The van der Waals surface area contributed by atoms with Gasteiger partial charge in [-0.3, -0.25) is 0 Å². The second kappa shape index (κ2) is 6.75. The number of nitrogens with one attached hydrogen (secondary N) is 1. The number of hydrogen-bond donors (Lipinski definition) is 1. The van der Waals surface area contributed by atoms with Crippen molar-refractivity contribution < 1.29 is 8.42 Å². The van der Waals surface area contributed by atoms with E-state index in [0.29, 0.717) is 5.71 Å². The quantitative estimate of drug-likeness (QED) is 0.679. The van der Waals surface area contributed by atoms with Gasteiger partial charge < -0.3 is 0 Å². The van der Waals surface area contributed by atoms with Crippen LogP contribution in [0.25, 0.3) is 0 Å². The molecule has 22 heavy (non-hydrogen) atoms. The van der Waals surface area contributed by atoms with Crippen LogP contribution in [0.3, 0.4) is 0 Å². The molecule has 2 aromatic carbocycles. The summed E-state index contributed by atoms with van der Waals surface area (Å²) in [4.78, 5) is 2.54. The SMILES string of the molecule is Cc1ccc(S(=O)(=O)NN=C(c2ccccc2)C(C)C)cc1. The van der Waals surface area contributed by atoms with Crippen molar-refractivity contribution in [1.29, 1.82) is 0 Å². The van der Waals surface area contributed by atoms with Crippen LogP contribution in [0.1, 0.15) is 25.0 Å². The Hall–Kier alpha value is -2.14. The lowest BCUT2D eigenvalue weighted by atomic mass is 10.0. The summed E-state index contributed by atoms with van der Waals surface area (Å²) in [6.07, 6.45) is 0.